The van der Waals surface area contributed by atoms with Crippen molar-refractivity contribution < 1.29 is 9.90 Å². The van der Waals surface area contributed by atoms with Gasteiger partial charge in [0.25, 0.3) is 0 Å². The molecule has 0 radical (unpaired) electrons. The van der Waals surface area contributed by atoms with Crippen LogP contribution in [0.2, 0.25) is 0 Å². The molecule has 0 aliphatic heterocycles. The first-order chi connectivity index (χ1) is 8.50. The number of hydrogen-bond donors (Lipinski definition) is 1. The first kappa shape index (κ1) is 13.1. The van der Waals surface area contributed by atoms with Crippen LogP contribution in [0.1, 0.15) is 53.9 Å². The van der Waals surface area contributed by atoms with Crippen molar-refractivity contribution in [3.05, 3.63) is 34.4 Å². The average Bonchev–Trinajstić information content (AvgIpc) is 2.75. The van der Waals surface area contributed by atoms with E-state index in [-0.39, 0.29) is 5.92 Å². The van der Waals surface area contributed by atoms with Crippen molar-refractivity contribution in [3.8, 4) is 0 Å². The molecule has 1 aromatic rings. The number of aryl methyl sites for hydroxylation is 3. The van der Waals surface area contributed by atoms with Gasteiger partial charge in [-0.2, -0.15) is 0 Å². The van der Waals surface area contributed by atoms with Crippen molar-refractivity contribution >= 4 is 5.97 Å². The Morgan fingerprint density at radius 1 is 1.17 bits per heavy atom. The van der Waals surface area contributed by atoms with E-state index in [2.05, 4.69) is 19.1 Å². The normalized spacial score (nSPS) is 17.9. The predicted molar refractivity (Wildman–Crippen MR) is 73.0 cm³/mol. The summed E-state index contributed by atoms with van der Waals surface area (Å²) in [5, 5.41) is 9.61. The molecule has 2 heteroatoms. The standard InChI is InChI=1S/C16H22O2/c1-10-8-11(2)14(12(3)9-10)15(16(17)18)13-6-4-5-7-13/h8-9,13,15H,4-7H2,1-3H3,(H,17,18). The largest absolute Gasteiger partial charge is 0.481 e. The molecule has 0 spiro atoms. The van der Waals surface area contributed by atoms with Gasteiger partial charge < -0.3 is 5.11 Å². The Balaban J connectivity index is 2.45. The van der Waals surface area contributed by atoms with Gasteiger partial charge in [-0.1, -0.05) is 30.5 Å². The lowest BCUT2D eigenvalue weighted by molar-refractivity contribution is -0.140. The summed E-state index contributed by atoms with van der Waals surface area (Å²) in [5.74, 6) is -0.646. The van der Waals surface area contributed by atoms with Gasteiger partial charge in [-0.15, -0.1) is 0 Å². The number of carboxylic acids is 1. The molecule has 0 saturated heterocycles. The van der Waals surface area contributed by atoms with Crippen LogP contribution < -0.4 is 0 Å². The van der Waals surface area contributed by atoms with Crippen molar-refractivity contribution in [2.45, 2.75) is 52.4 Å². The first-order valence-corrected chi connectivity index (χ1v) is 6.81. The van der Waals surface area contributed by atoms with Gasteiger partial charge in [0.15, 0.2) is 0 Å². The van der Waals surface area contributed by atoms with E-state index in [1.165, 1.54) is 18.4 Å². The molecule has 1 saturated carbocycles. The van der Waals surface area contributed by atoms with E-state index >= 15 is 0 Å². The summed E-state index contributed by atoms with van der Waals surface area (Å²) in [6, 6.07) is 4.21. The van der Waals surface area contributed by atoms with Gasteiger partial charge in [-0.25, -0.2) is 0 Å². The summed E-state index contributed by atoms with van der Waals surface area (Å²) in [5.41, 5.74) is 4.53. The summed E-state index contributed by atoms with van der Waals surface area (Å²) in [7, 11) is 0. The van der Waals surface area contributed by atoms with Gasteiger partial charge in [0.1, 0.15) is 0 Å². The molecule has 1 unspecified atom stereocenters. The Bertz CT molecular complexity index is 433. The van der Waals surface area contributed by atoms with E-state index in [1.807, 2.05) is 13.8 Å². The van der Waals surface area contributed by atoms with Crippen molar-refractivity contribution in [2.24, 2.45) is 5.92 Å². The number of hydrogen-bond acceptors (Lipinski definition) is 1. The summed E-state index contributed by atoms with van der Waals surface area (Å²) in [4.78, 5) is 11.7. The lowest BCUT2D eigenvalue weighted by Crippen LogP contribution is -2.21. The quantitative estimate of drug-likeness (QED) is 0.876. The van der Waals surface area contributed by atoms with Crippen LogP contribution in [0.4, 0.5) is 0 Å². The molecule has 2 nitrogen and oxygen atoms in total. The van der Waals surface area contributed by atoms with Gasteiger partial charge in [0, 0.05) is 0 Å². The van der Waals surface area contributed by atoms with Crippen molar-refractivity contribution in [2.75, 3.05) is 0 Å². The van der Waals surface area contributed by atoms with E-state index in [4.69, 9.17) is 0 Å². The maximum Gasteiger partial charge on any atom is 0.311 e. The van der Waals surface area contributed by atoms with Gasteiger partial charge in [0.05, 0.1) is 5.92 Å². The highest BCUT2D eigenvalue weighted by Gasteiger charge is 2.33. The molecule has 1 N–H and O–H groups in total. The second-order valence-electron chi connectivity index (χ2n) is 5.67. The molecule has 0 aromatic heterocycles. The Labute approximate surface area is 109 Å². The molecular weight excluding hydrogens is 224 g/mol. The molecule has 1 fully saturated rings. The minimum Gasteiger partial charge on any atom is -0.481 e. The van der Waals surface area contributed by atoms with Gasteiger partial charge in [-0.3, -0.25) is 4.79 Å². The van der Waals surface area contributed by atoms with Gasteiger partial charge >= 0.3 is 5.97 Å². The smallest absolute Gasteiger partial charge is 0.311 e. The fourth-order valence-corrected chi connectivity index (χ4v) is 3.53. The minimum atomic E-state index is -0.656. The fourth-order valence-electron chi connectivity index (χ4n) is 3.53. The number of aliphatic carboxylic acids is 1. The number of carbonyl (C=O) groups is 1. The van der Waals surface area contributed by atoms with Crippen LogP contribution in [0.15, 0.2) is 12.1 Å². The topological polar surface area (TPSA) is 37.3 Å². The molecule has 1 aliphatic rings. The number of carboxylic acid groups (broad SMARTS) is 1. The zero-order valence-corrected chi connectivity index (χ0v) is 11.5. The highest BCUT2D eigenvalue weighted by Crippen LogP contribution is 2.40. The lowest BCUT2D eigenvalue weighted by Gasteiger charge is -2.23. The molecule has 0 amide bonds. The lowest BCUT2D eigenvalue weighted by atomic mass is 9.80. The second-order valence-corrected chi connectivity index (χ2v) is 5.67. The third kappa shape index (κ3) is 2.43. The first-order valence-electron chi connectivity index (χ1n) is 6.81. The maximum absolute atomic E-state index is 11.7. The van der Waals surface area contributed by atoms with Crippen LogP contribution in [0, 0.1) is 26.7 Å². The maximum atomic E-state index is 11.7. The molecule has 1 aromatic carbocycles. The molecule has 0 heterocycles. The Hall–Kier alpha value is -1.31. The van der Waals surface area contributed by atoms with Gasteiger partial charge in [-0.05, 0) is 56.2 Å². The van der Waals surface area contributed by atoms with Crippen LogP contribution in [0.3, 0.4) is 0 Å². The van der Waals surface area contributed by atoms with Crippen molar-refractivity contribution in [1.29, 1.82) is 0 Å². The molecule has 1 aliphatic carbocycles. The summed E-state index contributed by atoms with van der Waals surface area (Å²) in [6.07, 6.45) is 4.48. The molecule has 18 heavy (non-hydrogen) atoms. The molecular formula is C16H22O2. The van der Waals surface area contributed by atoms with Gasteiger partial charge in [0.2, 0.25) is 0 Å². The highest BCUT2D eigenvalue weighted by molar-refractivity contribution is 5.78. The number of benzene rings is 1. The Kier molecular flexibility index (Phi) is 3.74. The average molecular weight is 246 g/mol. The van der Waals surface area contributed by atoms with Crippen LogP contribution in [0.25, 0.3) is 0 Å². The van der Waals surface area contributed by atoms with E-state index < -0.39 is 5.97 Å². The van der Waals surface area contributed by atoms with Crippen LogP contribution >= 0.6 is 0 Å². The van der Waals surface area contributed by atoms with E-state index in [9.17, 15) is 9.90 Å². The monoisotopic (exact) mass is 246 g/mol. The highest BCUT2D eigenvalue weighted by atomic mass is 16.4. The zero-order valence-electron chi connectivity index (χ0n) is 11.5. The number of rotatable bonds is 3. The summed E-state index contributed by atoms with van der Waals surface area (Å²) in [6.45, 7) is 6.15. The van der Waals surface area contributed by atoms with Crippen LogP contribution in [0.5, 0.6) is 0 Å². The molecule has 2 rings (SSSR count). The SMILES string of the molecule is Cc1cc(C)c(C(C(=O)O)C2CCCC2)c(C)c1. The molecule has 0 bridgehead atoms. The Morgan fingerprint density at radius 3 is 2.11 bits per heavy atom. The Morgan fingerprint density at radius 2 is 1.67 bits per heavy atom. The summed E-state index contributed by atoms with van der Waals surface area (Å²) >= 11 is 0. The van der Waals surface area contributed by atoms with Crippen LogP contribution in [-0.2, 0) is 4.79 Å². The van der Waals surface area contributed by atoms with Crippen molar-refractivity contribution in [1.82, 2.24) is 0 Å². The zero-order chi connectivity index (χ0) is 13.3. The minimum absolute atomic E-state index is 0.312. The van der Waals surface area contributed by atoms with E-state index in [0.717, 1.165) is 29.5 Å². The van der Waals surface area contributed by atoms with E-state index in [1.54, 1.807) is 0 Å². The molecule has 98 valence electrons. The van der Waals surface area contributed by atoms with E-state index in [0.29, 0.717) is 5.92 Å². The predicted octanol–water partition coefficient (Wildman–Crippen LogP) is 3.97. The third-order valence-corrected chi connectivity index (χ3v) is 4.19. The van der Waals surface area contributed by atoms with Crippen LogP contribution in [-0.4, -0.2) is 11.1 Å². The summed E-state index contributed by atoms with van der Waals surface area (Å²) < 4.78 is 0. The third-order valence-electron chi connectivity index (χ3n) is 4.19. The van der Waals surface area contributed by atoms with Crippen molar-refractivity contribution in [3.63, 3.8) is 0 Å². The molecule has 1 atom stereocenters. The second kappa shape index (κ2) is 5.13. The fraction of sp³-hybridized carbons (Fsp3) is 0.562.